The Morgan fingerprint density at radius 1 is 1.78 bits per heavy atom. The molecule has 9 heavy (non-hydrogen) atoms. The lowest BCUT2D eigenvalue weighted by Crippen LogP contribution is -1.87. The largest absolute Gasteiger partial charge is 0.295 e. The van der Waals surface area contributed by atoms with Crippen molar-refractivity contribution in [1.82, 2.24) is 0 Å². The summed E-state index contributed by atoms with van der Waals surface area (Å²) in [6.07, 6.45) is 2.42. The lowest BCUT2D eigenvalue weighted by molar-refractivity contribution is -0.106. The topological polar surface area (TPSA) is 17.1 Å². The van der Waals surface area contributed by atoms with Gasteiger partial charge in [0.25, 0.3) is 0 Å². The Kier molecular flexibility index (Phi) is 3.93. The van der Waals surface area contributed by atoms with Gasteiger partial charge in [0.05, 0.1) is 0 Å². The number of hydrogen-bond acceptors (Lipinski definition) is 1. The standard InChI is InChI=1S/C7H11FO/c1-3-6(2)4-7(8)5-9/h4-6H,3H2,1-2H3/b7-4-. The fraction of sp³-hybridized carbons (Fsp3) is 0.571. The Morgan fingerprint density at radius 2 is 2.33 bits per heavy atom. The van der Waals surface area contributed by atoms with Crippen LogP contribution in [-0.2, 0) is 4.79 Å². The van der Waals surface area contributed by atoms with Gasteiger partial charge in [-0.15, -0.1) is 0 Å². The number of aldehydes is 1. The van der Waals surface area contributed by atoms with Crippen molar-refractivity contribution in [2.45, 2.75) is 20.3 Å². The van der Waals surface area contributed by atoms with Gasteiger partial charge in [-0.2, -0.15) is 0 Å². The van der Waals surface area contributed by atoms with Crippen LogP contribution in [-0.4, -0.2) is 6.29 Å². The lowest BCUT2D eigenvalue weighted by atomic mass is 10.1. The molecule has 0 aliphatic heterocycles. The van der Waals surface area contributed by atoms with Crippen LogP contribution in [0, 0.1) is 5.92 Å². The first-order chi connectivity index (χ1) is 4.20. The van der Waals surface area contributed by atoms with Crippen LogP contribution < -0.4 is 0 Å². The van der Waals surface area contributed by atoms with Crippen molar-refractivity contribution >= 4 is 6.29 Å². The molecule has 0 aromatic rings. The Balaban J connectivity index is 3.78. The molecular formula is C7H11FO. The normalized spacial score (nSPS) is 15.2. The van der Waals surface area contributed by atoms with Gasteiger partial charge in [-0.1, -0.05) is 13.8 Å². The van der Waals surface area contributed by atoms with Crippen molar-refractivity contribution in [3.05, 3.63) is 11.9 Å². The van der Waals surface area contributed by atoms with Gasteiger partial charge in [-0.05, 0) is 18.4 Å². The van der Waals surface area contributed by atoms with Crippen molar-refractivity contribution in [2.75, 3.05) is 0 Å². The smallest absolute Gasteiger partial charge is 0.178 e. The number of carbonyl (C=O) groups is 1. The fourth-order valence-corrected chi connectivity index (χ4v) is 0.429. The van der Waals surface area contributed by atoms with E-state index in [4.69, 9.17) is 0 Å². The van der Waals surface area contributed by atoms with E-state index in [1.165, 1.54) is 6.08 Å². The molecule has 0 aliphatic carbocycles. The predicted octanol–water partition coefficient (Wildman–Crippen LogP) is 2.08. The van der Waals surface area contributed by atoms with Gasteiger partial charge in [0.2, 0.25) is 0 Å². The molecule has 1 unspecified atom stereocenters. The Bertz CT molecular complexity index is 118. The van der Waals surface area contributed by atoms with Gasteiger partial charge in [0.15, 0.2) is 12.1 Å². The van der Waals surface area contributed by atoms with Crippen molar-refractivity contribution in [1.29, 1.82) is 0 Å². The van der Waals surface area contributed by atoms with Crippen LogP contribution in [0.3, 0.4) is 0 Å². The van der Waals surface area contributed by atoms with E-state index in [-0.39, 0.29) is 12.2 Å². The average Bonchev–Trinajstić information content (AvgIpc) is 1.87. The maximum absolute atomic E-state index is 12.1. The molecule has 1 atom stereocenters. The first-order valence-electron chi connectivity index (χ1n) is 3.03. The predicted molar refractivity (Wildman–Crippen MR) is 34.7 cm³/mol. The summed E-state index contributed by atoms with van der Waals surface area (Å²) in [7, 11) is 0. The highest BCUT2D eigenvalue weighted by Gasteiger charge is 1.95. The second-order valence-electron chi connectivity index (χ2n) is 2.05. The van der Waals surface area contributed by atoms with Gasteiger partial charge < -0.3 is 0 Å². The summed E-state index contributed by atoms with van der Waals surface area (Å²) in [5.74, 6) is -0.500. The molecule has 0 aliphatic rings. The van der Waals surface area contributed by atoms with Crippen LogP contribution >= 0.6 is 0 Å². The molecule has 0 rings (SSSR count). The van der Waals surface area contributed by atoms with Gasteiger partial charge in [-0.3, -0.25) is 4.79 Å². The maximum atomic E-state index is 12.1. The van der Waals surface area contributed by atoms with Gasteiger partial charge in [0, 0.05) is 0 Å². The van der Waals surface area contributed by atoms with Crippen LogP contribution in [0.15, 0.2) is 11.9 Å². The monoisotopic (exact) mass is 130 g/mol. The average molecular weight is 130 g/mol. The van der Waals surface area contributed by atoms with Crippen LogP contribution in [0.4, 0.5) is 4.39 Å². The van der Waals surface area contributed by atoms with E-state index in [2.05, 4.69) is 0 Å². The Labute approximate surface area is 54.6 Å². The SMILES string of the molecule is CCC(C)/C=C(\F)C=O. The third kappa shape index (κ3) is 3.88. The lowest BCUT2D eigenvalue weighted by Gasteiger charge is -1.96. The molecule has 0 fully saturated rings. The van der Waals surface area contributed by atoms with E-state index in [1.54, 1.807) is 0 Å². The minimum absolute atomic E-state index is 0.162. The number of rotatable bonds is 3. The zero-order chi connectivity index (χ0) is 7.28. The molecule has 0 saturated carbocycles. The highest BCUT2D eigenvalue weighted by Crippen LogP contribution is 2.05. The van der Waals surface area contributed by atoms with E-state index in [0.29, 0.717) is 0 Å². The number of carbonyl (C=O) groups excluding carboxylic acids is 1. The molecule has 0 saturated heterocycles. The molecule has 0 spiro atoms. The van der Waals surface area contributed by atoms with Crippen LogP contribution in [0.1, 0.15) is 20.3 Å². The van der Waals surface area contributed by atoms with E-state index in [0.717, 1.165) is 6.42 Å². The first-order valence-corrected chi connectivity index (χ1v) is 3.03. The molecule has 0 bridgehead atoms. The third-order valence-electron chi connectivity index (χ3n) is 1.20. The second kappa shape index (κ2) is 4.24. The summed E-state index contributed by atoms with van der Waals surface area (Å²) < 4.78 is 12.1. The molecule has 0 radical (unpaired) electrons. The van der Waals surface area contributed by atoms with Gasteiger partial charge >= 0.3 is 0 Å². The zero-order valence-corrected chi connectivity index (χ0v) is 5.73. The summed E-state index contributed by atoms with van der Waals surface area (Å²) in [5, 5.41) is 0. The maximum Gasteiger partial charge on any atom is 0.178 e. The van der Waals surface area contributed by atoms with Gasteiger partial charge in [0.1, 0.15) is 0 Å². The number of hydrogen-bond donors (Lipinski definition) is 0. The van der Waals surface area contributed by atoms with Crippen LogP contribution in [0.25, 0.3) is 0 Å². The Hall–Kier alpha value is -0.660. The van der Waals surface area contributed by atoms with E-state index in [1.807, 2.05) is 13.8 Å². The van der Waals surface area contributed by atoms with E-state index < -0.39 is 5.83 Å². The van der Waals surface area contributed by atoms with Crippen molar-refractivity contribution < 1.29 is 9.18 Å². The molecule has 1 nitrogen and oxygen atoms in total. The minimum atomic E-state index is -0.663. The highest BCUT2D eigenvalue weighted by molar-refractivity contribution is 5.69. The molecule has 2 heteroatoms. The zero-order valence-electron chi connectivity index (χ0n) is 5.73. The van der Waals surface area contributed by atoms with Gasteiger partial charge in [-0.25, -0.2) is 4.39 Å². The van der Waals surface area contributed by atoms with Crippen LogP contribution in [0.2, 0.25) is 0 Å². The molecule has 0 amide bonds. The molecule has 0 aromatic heterocycles. The minimum Gasteiger partial charge on any atom is -0.295 e. The molecule has 0 heterocycles. The summed E-state index contributed by atoms with van der Waals surface area (Å²) in [6, 6.07) is 0. The quantitative estimate of drug-likeness (QED) is 0.422. The summed E-state index contributed by atoms with van der Waals surface area (Å²) in [6.45, 7) is 3.81. The van der Waals surface area contributed by atoms with E-state index >= 15 is 0 Å². The molecule has 0 aromatic carbocycles. The molecule has 0 N–H and O–H groups in total. The van der Waals surface area contributed by atoms with Crippen molar-refractivity contribution in [3.63, 3.8) is 0 Å². The second-order valence-corrected chi connectivity index (χ2v) is 2.05. The first kappa shape index (κ1) is 8.34. The van der Waals surface area contributed by atoms with Crippen molar-refractivity contribution in [3.8, 4) is 0 Å². The van der Waals surface area contributed by atoms with Crippen molar-refractivity contribution in [2.24, 2.45) is 5.92 Å². The fourth-order valence-electron chi connectivity index (χ4n) is 0.429. The van der Waals surface area contributed by atoms with E-state index in [9.17, 15) is 9.18 Å². The number of halogens is 1. The summed E-state index contributed by atoms with van der Waals surface area (Å²) in [4.78, 5) is 9.71. The molecule has 52 valence electrons. The highest BCUT2D eigenvalue weighted by atomic mass is 19.1. The summed E-state index contributed by atoms with van der Waals surface area (Å²) in [5.41, 5.74) is 0. The summed E-state index contributed by atoms with van der Waals surface area (Å²) >= 11 is 0. The third-order valence-corrected chi connectivity index (χ3v) is 1.20. The molecular weight excluding hydrogens is 119 g/mol. The Morgan fingerprint density at radius 3 is 2.67 bits per heavy atom. The number of allylic oxidation sites excluding steroid dienone is 2. The van der Waals surface area contributed by atoms with Crippen LogP contribution in [0.5, 0.6) is 0 Å².